The summed E-state index contributed by atoms with van der Waals surface area (Å²) in [7, 11) is 0. The first-order chi connectivity index (χ1) is 9.81. The van der Waals surface area contributed by atoms with Crippen LogP contribution in [-0.2, 0) is 0 Å². The topological polar surface area (TPSA) is 3.24 Å². The molecule has 0 fully saturated rings. The fourth-order valence-electron chi connectivity index (χ4n) is 4.39. The van der Waals surface area contributed by atoms with Crippen LogP contribution in [-0.4, -0.2) is 55.5 Å². The van der Waals surface area contributed by atoms with Gasteiger partial charge in [-0.2, -0.15) is 0 Å². The molecule has 0 aromatic heterocycles. The third kappa shape index (κ3) is 5.18. The molecule has 0 heterocycles. The van der Waals surface area contributed by atoms with Gasteiger partial charge in [0.2, 0.25) is 0 Å². The fraction of sp³-hybridized carbons (Fsp3) is 1.00. The van der Waals surface area contributed by atoms with Gasteiger partial charge in [0.25, 0.3) is 0 Å². The summed E-state index contributed by atoms with van der Waals surface area (Å²) >= 11 is -6.68. The Morgan fingerprint density at radius 3 is 0.864 bits per heavy atom. The van der Waals surface area contributed by atoms with Crippen LogP contribution >= 0.6 is 0 Å². The van der Waals surface area contributed by atoms with Crippen LogP contribution < -0.4 is 0 Å². The molecule has 0 saturated heterocycles. The third-order valence-electron chi connectivity index (χ3n) is 7.18. The molecule has 22 heavy (non-hydrogen) atoms. The number of hydrogen-bond acceptors (Lipinski definition) is 1. The zero-order valence-electron chi connectivity index (χ0n) is 17.8. The second-order valence-corrected chi connectivity index (χ2v) is 60.7. The van der Waals surface area contributed by atoms with E-state index in [4.69, 9.17) is 0 Å². The molecule has 0 bridgehead atoms. The van der Waals surface area contributed by atoms with Gasteiger partial charge in [0.15, 0.2) is 0 Å². The zero-order chi connectivity index (χ0) is 17.9. The first kappa shape index (κ1) is 24.4. The van der Waals surface area contributed by atoms with Gasteiger partial charge in [0.1, 0.15) is 0 Å². The van der Waals surface area contributed by atoms with Gasteiger partial charge in [-0.25, -0.2) is 0 Å². The molecule has 0 aliphatic carbocycles. The number of rotatable bonds is 9. The quantitative estimate of drug-likeness (QED) is 0.242. The van der Waals surface area contributed by atoms with Crippen molar-refractivity contribution in [3.8, 4) is 0 Å². The van der Waals surface area contributed by atoms with Gasteiger partial charge >= 0.3 is 158 Å². The van der Waals surface area contributed by atoms with E-state index < -0.39 is 56.0 Å². The van der Waals surface area contributed by atoms with Gasteiger partial charge in [-0.3, -0.25) is 0 Å². The molecule has 0 N–H and O–H groups in total. The van der Waals surface area contributed by atoms with E-state index in [0.717, 1.165) is 11.8 Å². The zero-order valence-corrected chi connectivity index (χ0v) is 26.4. The molecule has 0 aliphatic rings. The van der Waals surface area contributed by atoms with Gasteiger partial charge < -0.3 is 0 Å². The fourth-order valence-corrected chi connectivity index (χ4v) is 140. The van der Waals surface area contributed by atoms with E-state index in [9.17, 15) is 0 Å². The molecule has 4 heteroatoms. The number of hydrogen-bond donors (Lipinski definition) is 0. The minimum atomic E-state index is -2.23. The number of nitrogens with zero attached hydrogens (tertiary/aromatic N) is 1. The van der Waals surface area contributed by atoms with E-state index in [1.54, 1.807) is 0 Å². The second kappa shape index (κ2) is 9.34. The molecule has 0 spiro atoms. The molecule has 0 radical (unpaired) electrons. The van der Waals surface area contributed by atoms with Crippen molar-refractivity contribution >= 4 is 56.0 Å². The van der Waals surface area contributed by atoms with E-state index in [1.165, 1.54) is 19.3 Å². The van der Waals surface area contributed by atoms with Crippen molar-refractivity contribution in [2.45, 2.75) is 102 Å². The standard InChI is InChI=1S/3C4H9.6CH3.N.3Sn/c3*1-3-4-2;;;;;;;;;;/h3*3H,4H2,1-2H3;6*1H3;;;;. The predicted molar refractivity (Wildman–Crippen MR) is 113 cm³/mol. The summed E-state index contributed by atoms with van der Waals surface area (Å²) < 4.78 is 6.49. The van der Waals surface area contributed by atoms with Crippen LogP contribution in [0.3, 0.4) is 0 Å². The Labute approximate surface area is 156 Å². The van der Waals surface area contributed by atoms with Crippen molar-refractivity contribution in [3.05, 3.63) is 0 Å². The van der Waals surface area contributed by atoms with Crippen molar-refractivity contribution in [1.29, 1.82) is 0 Å². The maximum atomic E-state index is 3.51. The molecule has 0 amide bonds. The van der Waals surface area contributed by atoms with E-state index in [2.05, 4.69) is 70.7 Å². The summed E-state index contributed by atoms with van der Waals surface area (Å²) in [5.74, 6) is 0. The molecule has 0 rings (SSSR count). The Morgan fingerprint density at radius 2 is 0.727 bits per heavy atom. The van der Waals surface area contributed by atoms with Gasteiger partial charge in [-0.15, -0.1) is 0 Å². The molecule has 3 unspecified atom stereocenters. The predicted octanol–water partition coefficient (Wildman–Crippen LogP) is 7.30. The molecule has 0 aliphatic heterocycles. The van der Waals surface area contributed by atoms with Crippen LogP contribution in [0.1, 0.15) is 60.8 Å². The Bertz CT molecular complexity index is 287. The maximum absolute atomic E-state index is 3.51. The summed E-state index contributed by atoms with van der Waals surface area (Å²) in [5.41, 5.74) is 0. The Morgan fingerprint density at radius 1 is 0.545 bits per heavy atom. The molecule has 0 aromatic carbocycles. The summed E-state index contributed by atoms with van der Waals surface area (Å²) in [5, 5.41) is 0. The first-order valence-corrected chi connectivity index (χ1v) is 35.5. The van der Waals surface area contributed by atoms with Crippen LogP contribution in [0.5, 0.6) is 0 Å². The molecule has 0 saturated carbocycles. The summed E-state index contributed by atoms with van der Waals surface area (Å²) in [6.07, 6.45) is 4.18. The summed E-state index contributed by atoms with van der Waals surface area (Å²) in [6, 6.07) is 0. The van der Waals surface area contributed by atoms with Crippen LogP contribution in [0.15, 0.2) is 0 Å². The summed E-state index contributed by atoms with van der Waals surface area (Å²) in [6.45, 7) is 15.0. The van der Waals surface area contributed by atoms with Gasteiger partial charge in [0, 0.05) is 0 Å². The van der Waals surface area contributed by atoms with Gasteiger partial charge in [-0.05, 0) is 0 Å². The van der Waals surface area contributed by atoms with Gasteiger partial charge in [-0.1, -0.05) is 0 Å². The molecule has 3 atom stereocenters. The van der Waals surface area contributed by atoms with Crippen LogP contribution in [0.2, 0.25) is 41.4 Å². The van der Waals surface area contributed by atoms with Crippen LogP contribution in [0.25, 0.3) is 0 Å². The van der Waals surface area contributed by atoms with Crippen molar-refractivity contribution in [1.82, 2.24) is -0.435 Å². The van der Waals surface area contributed by atoms with Crippen molar-refractivity contribution < 1.29 is 0 Å². The van der Waals surface area contributed by atoms with Crippen molar-refractivity contribution in [2.75, 3.05) is 0 Å². The molecule has 0 aromatic rings. The Hall–Kier alpha value is 2.36. The Kier molecular flexibility index (Phi) is 10.3. The van der Waals surface area contributed by atoms with E-state index >= 15 is 0 Å². The van der Waals surface area contributed by atoms with E-state index in [1.807, 2.05) is 0 Å². The Balaban J connectivity index is 6.12. The molecule has 1 nitrogen and oxygen atoms in total. The summed E-state index contributed by atoms with van der Waals surface area (Å²) in [4.78, 5) is 16.7. The molecule has 134 valence electrons. The van der Waals surface area contributed by atoms with Gasteiger partial charge in [0.05, 0.1) is 0 Å². The van der Waals surface area contributed by atoms with Crippen LogP contribution in [0.4, 0.5) is 0 Å². The normalized spacial score (nSPS) is 18.4. The van der Waals surface area contributed by atoms with Crippen LogP contribution in [0, 0.1) is 0 Å². The average Bonchev–Trinajstić information content (AvgIpc) is 2.42. The monoisotopic (exact) mass is 635 g/mol. The molecular formula is C18H45NSn3. The van der Waals surface area contributed by atoms with Crippen molar-refractivity contribution in [2.24, 2.45) is 0 Å². The minimum absolute atomic E-state index is 0.995. The third-order valence-corrected chi connectivity index (χ3v) is 107. The average molecular weight is 632 g/mol. The SMILES string of the molecule is CC[CH](C)[Sn]([CH3])([CH3])[N]([Sn]([CH3])([CH3])[CH](C)CC)[Sn]([CH3])([CH3])[CH](C)CC. The van der Waals surface area contributed by atoms with E-state index in [0.29, 0.717) is 0 Å². The van der Waals surface area contributed by atoms with E-state index in [-0.39, 0.29) is 0 Å². The van der Waals surface area contributed by atoms with Crippen molar-refractivity contribution in [3.63, 3.8) is 0 Å². The molecular weight excluding hydrogens is 586 g/mol. The second-order valence-electron chi connectivity index (χ2n) is 9.22. The first-order valence-electron chi connectivity index (χ1n) is 9.61.